The van der Waals surface area contributed by atoms with Gasteiger partial charge >= 0.3 is 0 Å². The van der Waals surface area contributed by atoms with Crippen molar-refractivity contribution in [2.45, 2.75) is 6.92 Å². The molecule has 16 heavy (non-hydrogen) atoms. The van der Waals surface area contributed by atoms with E-state index in [2.05, 4.69) is 0 Å². The molecule has 82 valence electrons. The Bertz CT molecular complexity index is 535. The zero-order valence-corrected chi connectivity index (χ0v) is 8.80. The molecule has 0 heterocycles. The smallest absolute Gasteiger partial charge is 0.123 e. The Morgan fingerprint density at radius 3 is 2.19 bits per heavy atom. The molecular weight excluding hydrogens is 208 g/mol. The fourth-order valence-electron chi connectivity index (χ4n) is 1.69. The van der Waals surface area contributed by atoms with E-state index in [9.17, 15) is 8.78 Å². The monoisotopic (exact) mass is 219 g/mol. The van der Waals surface area contributed by atoms with Crippen molar-refractivity contribution in [2.75, 3.05) is 5.73 Å². The van der Waals surface area contributed by atoms with Gasteiger partial charge in [0.2, 0.25) is 0 Å². The molecule has 2 aromatic rings. The number of rotatable bonds is 1. The molecule has 0 unspecified atom stereocenters. The Morgan fingerprint density at radius 2 is 1.50 bits per heavy atom. The third-order valence-electron chi connectivity index (χ3n) is 2.49. The van der Waals surface area contributed by atoms with E-state index in [0.717, 1.165) is 11.1 Å². The van der Waals surface area contributed by atoms with Gasteiger partial charge in [-0.1, -0.05) is 6.07 Å². The zero-order chi connectivity index (χ0) is 11.7. The third-order valence-corrected chi connectivity index (χ3v) is 2.49. The van der Waals surface area contributed by atoms with Crippen LogP contribution in [0.15, 0.2) is 36.4 Å². The van der Waals surface area contributed by atoms with Crippen molar-refractivity contribution in [1.29, 1.82) is 0 Å². The maximum Gasteiger partial charge on any atom is 0.123 e. The number of nitrogens with two attached hydrogens (primary N) is 1. The summed E-state index contributed by atoms with van der Waals surface area (Å²) in [6, 6.07) is 8.52. The number of hydrogen-bond donors (Lipinski definition) is 1. The van der Waals surface area contributed by atoms with Crippen molar-refractivity contribution < 1.29 is 8.78 Å². The highest BCUT2D eigenvalue weighted by Crippen LogP contribution is 2.29. The number of nitrogen functional groups attached to an aromatic ring is 1. The lowest BCUT2D eigenvalue weighted by Crippen LogP contribution is -1.93. The Kier molecular flexibility index (Phi) is 2.60. The Hall–Kier alpha value is -1.90. The number of anilines is 1. The minimum Gasteiger partial charge on any atom is -0.398 e. The van der Waals surface area contributed by atoms with Gasteiger partial charge in [-0.15, -0.1) is 0 Å². The van der Waals surface area contributed by atoms with Gasteiger partial charge < -0.3 is 5.73 Å². The van der Waals surface area contributed by atoms with Gasteiger partial charge in [-0.2, -0.15) is 0 Å². The molecule has 0 saturated heterocycles. The molecule has 0 spiro atoms. The van der Waals surface area contributed by atoms with E-state index in [1.54, 1.807) is 13.0 Å². The molecule has 0 amide bonds. The first-order valence-corrected chi connectivity index (χ1v) is 4.89. The minimum absolute atomic E-state index is 0.309. The van der Waals surface area contributed by atoms with Crippen molar-refractivity contribution >= 4 is 5.69 Å². The van der Waals surface area contributed by atoms with Crippen LogP contribution < -0.4 is 5.73 Å². The fraction of sp³-hybridized carbons (Fsp3) is 0.0769. The zero-order valence-electron chi connectivity index (χ0n) is 8.80. The summed E-state index contributed by atoms with van der Waals surface area (Å²) in [5.74, 6) is -0.663. The summed E-state index contributed by atoms with van der Waals surface area (Å²) in [7, 11) is 0. The van der Waals surface area contributed by atoms with E-state index >= 15 is 0 Å². The van der Waals surface area contributed by atoms with Gasteiger partial charge in [0.1, 0.15) is 11.6 Å². The molecule has 0 atom stereocenters. The van der Waals surface area contributed by atoms with Gasteiger partial charge in [0, 0.05) is 11.3 Å². The lowest BCUT2D eigenvalue weighted by Gasteiger charge is -2.09. The maximum atomic E-state index is 13.1. The predicted molar refractivity (Wildman–Crippen MR) is 60.9 cm³/mol. The molecule has 2 N–H and O–H groups in total. The Labute approximate surface area is 92.5 Å². The van der Waals surface area contributed by atoms with Crippen LogP contribution in [-0.4, -0.2) is 0 Å². The van der Waals surface area contributed by atoms with Crippen LogP contribution in [0, 0.1) is 18.6 Å². The molecule has 0 aliphatic carbocycles. The molecule has 3 heteroatoms. The second-order valence-electron chi connectivity index (χ2n) is 3.69. The highest BCUT2D eigenvalue weighted by molar-refractivity contribution is 5.78. The molecule has 2 aromatic carbocycles. The predicted octanol–water partition coefficient (Wildman–Crippen LogP) is 3.52. The number of hydrogen-bond acceptors (Lipinski definition) is 1. The molecule has 0 aliphatic heterocycles. The van der Waals surface area contributed by atoms with E-state index in [4.69, 9.17) is 5.73 Å². The van der Waals surface area contributed by atoms with Crippen LogP contribution in [0.3, 0.4) is 0 Å². The van der Waals surface area contributed by atoms with E-state index in [0.29, 0.717) is 11.3 Å². The van der Waals surface area contributed by atoms with Gasteiger partial charge in [-0.3, -0.25) is 0 Å². The van der Waals surface area contributed by atoms with Gasteiger partial charge in [-0.05, 0) is 48.4 Å². The fourth-order valence-corrected chi connectivity index (χ4v) is 1.69. The van der Waals surface area contributed by atoms with Crippen LogP contribution in [0.4, 0.5) is 14.5 Å². The van der Waals surface area contributed by atoms with Gasteiger partial charge in [0.25, 0.3) is 0 Å². The van der Waals surface area contributed by atoms with Crippen molar-refractivity contribution in [3.05, 3.63) is 53.6 Å². The SMILES string of the molecule is Cc1cc(F)ccc1-c1cc(F)ccc1N. The van der Waals surface area contributed by atoms with Crippen LogP contribution in [0.25, 0.3) is 11.1 Å². The average molecular weight is 219 g/mol. The average Bonchev–Trinajstić information content (AvgIpc) is 2.22. The summed E-state index contributed by atoms with van der Waals surface area (Å²) in [5.41, 5.74) is 8.33. The van der Waals surface area contributed by atoms with Crippen LogP contribution >= 0.6 is 0 Å². The third kappa shape index (κ3) is 1.89. The molecule has 0 radical (unpaired) electrons. The molecule has 0 saturated carbocycles. The van der Waals surface area contributed by atoms with Gasteiger partial charge in [0.15, 0.2) is 0 Å². The van der Waals surface area contributed by atoms with E-state index < -0.39 is 0 Å². The van der Waals surface area contributed by atoms with Crippen LogP contribution in [0.1, 0.15) is 5.56 Å². The normalized spacial score (nSPS) is 10.4. The summed E-state index contributed by atoms with van der Waals surface area (Å²) in [6.07, 6.45) is 0. The lowest BCUT2D eigenvalue weighted by atomic mass is 9.99. The second kappa shape index (κ2) is 3.93. The second-order valence-corrected chi connectivity index (χ2v) is 3.69. The number of halogens is 2. The Morgan fingerprint density at radius 1 is 0.875 bits per heavy atom. The molecule has 0 fully saturated rings. The molecule has 0 aliphatic rings. The van der Waals surface area contributed by atoms with Crippen molar-refractivity contribution in [3.8, 4) is 11.1 Å². The topological polar surface area (TPSA) is 26.0 Å². The number of aryl methyl sites for hydroxylation is 1. The van der Waals surface area contributed by atoms with E-state index in [1.807, 2.05) is 0 Å². The molecule has 0 bridgehead atoms. The van der Waals surface area contributed by atoms with Crippen molar-refractivity contribution in [1.82, 2.24) is 0 Å². The summed E-state index contributed by atoms with van der Waals surface area (Å²) in [5, 5.41) is 0. The first-order valence-electron chi connectivity index (χ1n) is 4.89. The van der Waals surface area contributed by atoms with Gasteiger partial charge in [-0.25, -0.2) is 8.78 Å². The quantitative estimate of drug-likeness (QED) is 0.729. The summed E-state index contributed by atoms with van der Waals surface area (Å²) in [6.45, 7) is 1.77. The highest BCUT2D eigenvalue weighted by Gasteiger charge is 2.07. The molecule has 2 rings (SSSR count). The summed E-state index contributed by atoms with van der Waals surface area (Å²) >= 11 is 0. The number of benzene rings is 2. The molecule has 0 aromatic heterocycles. The van der Waals surface area contributed by atoms with Crippen molar-refractivity contribution in [3.63, 3.8) is 0 Å². The minimum atomic E-state index is -0.354. The molecule has 1 nitrogen and oxygen atoms in total. The largest absolute Gasteiger partial charge is 0.398 e. The van der Waals surface area contributed by atoms with Crippen LogP contribution in [0.2, 0.25) is 0 Å². The molecular formula is C13H11F2N. The highest BCUT2D eigenvalue weighted by atomic mass is 19.1. The first kappa shape index (κ1) is 10.6. The van der Waals surface area contributed by atoms with E-state index in [1.165, 1.54) is 30.3 Å². The van der Waals surface area contributed by atoms with E-state index in [-0.39, 0.29) is 11.6 Å². The summed E-state index contributed by atoms with van der Waals surface area (Å²) < 4.78 is 26.1. The lowest BCUT2D eigenvalue weighted by molar-refractivity contribution is 0.626. The Balaban J connectivity index is 2.62. The standard InChI is InChI=1S/C13H11F2N/c1-8-6-9(14)2-4-11(8)12-7-10(15)3-5-13(12)16/h2-7H,16H2,1H3. The first-order chi connectivity index (χ1) is 7.58. The summed E-state index contributed by atoms with van der Waals surface area (Å²) in [4.78, 5) is 0. The van der Waals surface area contributed by atoms with Crippen LogP contribution in [-0.2, 0) is 0 Å². The van der Waals surface area contributed by atoms with Crippen LogP contribution in [0.5, 0.6) is 0 Å². The van der Waals surface area contributed by atoms with Gasteiger partial charge in [0.05, 0.1) is 0 Å². The maximum absolute atomic E-state index is 13.1. The van der Waals surface area contributed by atoms with Crippen molar-refractivity contribution in [2.24, 2.45) is 0 Å².